The highest BCUT2D eigenvalue weighted by Crippen LogP contribution is 2.33. The summed E-state index contributed by atoms with van der Waals surface area (Å²) in [5.74, 6) is 0.652. The van der Waals surface area contributed by atoms with E-state index in [-0.39, 0.29) is 23.3 Å². The number of carbonyl (C=O) groups excluding carboxylic acids is 1. The van der Waals surface area contributed by atoms with Gasteiger partial charge in [-0.05, 0) is 73.2 Å². The van der Waals surface area contributed by atoms with Crippen molar-refractivity contribution in [2.24, 2.45) is 4.99 Å². The number of hydrogen-bond acceptors (Lipinski definition) is 8. The Morgan fingerprint density at radius 3 is 2.49 bits per heavy atom. The highest BCUT2D eigenvalue weighted by molar-refractivity contribution is 8.15. The van der Waals surface area contributed by atoms with Gasteiger partial charge in [-0.3, -0.25) is 15.0 Å². The van der Waals surface area contributed by atoms with Gasteiger partial charge in [0, 0.05) is 5.56 Å². The van der Waals surface area contributed by atoms with Gasteiger partial charge < -0.3 is 9.84 Å². The van der Waals surface area contributed by atoms with Crippen LogP contribution in [0.15, 0.2) is 84.1 Å². The molecule has 1 aliphatic rings. The van der Waals surface area contributed by atoms with E-state index in [0.717, 1.165) is 41.6 Å². The Labute approximate surface area is 263 Å². The predicted octanol–water partition coefficient (Wildman–Crippen LogP) is 6.28. The first-order valence-corrected chi connectivity index (χ1v) is 15.5. The van der Waals surface area contributed by atoms with E-state index in [0.29, 0.717) is 23.2 Å². The molecule has 5 rings (SSSR count). The molecule has 1 unspecified atom stereocenters. The van der Waals surface area contributed by atoms with E-state index in [9.17, 15) is 23.1 Å². The molecule has 13 heteroatoms. The molecule has 0 spiro atoms. The predicted molar refractivity (Wildman–Crippen MR) is 168 cm³/mol. The first-order valence-electron chi connectivity index (χ1n) is 14.5. The molecule has 9 nitrogen and oxygen atoms in total. The summed E-state index contributed by atoms with van der Waals surface area (Å²) in [7, 11) is 0. The van der Waals surface area contributed by atoms with Crippen molar-refractivity contribution >= 4 is 28.5 Å². The topological polar surface area (TPSA) is 105 Å². The molecule has 236 valence electrons. The number of amidine groups is 1. The van der Waals surface area contributed by atoms with Gasteiger partial charge in [-0.2, -0.15) is 0 Å². The normalized spacial score (nSPS) is 15.3. The van der Waals surface area contributed by atoms with Crippen LogP contribution in [0.2, 0.25) is 0 Å². The lowest BCUT2D eigenvalue weighted by Gasteiger charge is -2.22. The molecule has 1 aromatic heterocycles. The number of thioether (sulfide) groups is 1. The molecule has 1 aliphatic heterocycles. The van der Waals surface area contributed by atoms with Crippen LogP contribution in [0.4, 0.5) is 18.9 Å². The molecule has 2 heterocycles. The first-order chi connectivity index (χ1) is 21.6. The Hall–Kier alpha value is -4.20. The van der Waals surface area contributed by atoms with Crippen molar-refractivity contribution in [2.45, 2.75) is 51.7 Å². The number of amides is 1. The zero-order valence-corrected chi connectivity index (χ0v) is 25.6. The summed E-state index contributed by atoms with van der Waals surface area (Å²) in [6, 6.07) is 21.0. The minimum atomic E-state index is -4.75. The lowest BCUT2D eigenvalue weighted by atomic mass is 10.0. The third-order valence-corrected chi connectivity index (χ3v) is 7.99. The standard InChI is InChI=1S/C32H33F3N6O3S/c1-21(2)26-8-3-4-9-27(26)41-28(42)19-45-31(41)38-30(43)36-18-6-5-7-22-10-12-23(13-11-22)29-37-20-40(39-29)24-14-16-25(17-15-24)44-32(33,34)35/h3-4,8-17,20-21,30,36,43H,5-7,18-19H2,1-2H3/b38-31-. The maximum Gasteiger partial charge on any atom is 0.573 e. The van der Waals surface area contributed by atoms with Crippen molar-refractivity contribution in [2.75, 3.05) is 17.2 Å². The molecule has 0 saturated carbocycles. The largest absolute Gasteiger partial charge is 0.573 e. The number of ether oxygens (including phenoxy) is 1. The maximum atomic E-state index is 12.7. The number of halogens is 3. The van der Waals surface area contributed by atoms with Crippen LogP contribution in [0.1, 0.15) is 43.7 Å². The second-order valence-corrected chi connectivity index (χ2v) is 11.6. The molecule has 0 radical (unpaired) electrons. The van der Waals surface area contributed by atoms with Crippen LogP contribution in [0.3, 0.4) is 0 Å². The minimum absolute atomic E-state index is 0.0534. The van der Waals surface area contributed by atoms with Crippen LogP contribution in [0.25, 0.3) is 17.1 Å². The highest BCUT2D eigenvalue weighted by atomic mass is 32.2. The van der Waals surface area contributed by atoms with Crippen molar-refractivity contribution in [1.82, 2.24) is 20.1 Å². The molecule has 2 N–H and O–H groups in total. The fraction of sp³-hybridized carbons (Fsp3) is 0.312. The van der Waals surface area contributed by atoms with Crippen molar-refractivity contribution in [3.05, 3.63) is 90.3 Å². The van der Waals surface area contributed by atoms with Gasteiger partial charge in [0.05, 0.1) is 17.1 Å². The van der Waals surface area contributed by atoms with E-state index in [4.69, 9.17) is 0 Å². The average molecular weight is 639 g/mol. The zero-order valence-electron chi connectivity index (χ0n) is 24.7. The Balaban J connectivity index is 1.08. The highest BCUT2D eigenvalue weighted by Gasteiger charge is 2.32. The number of rotatable bonds is 12. The number of aryl methyl sites for hydroxylation is 1. The summed E-state index contributed by atoms with van der Waals surface area (Å²) < 4.78 is 42.6. The summed E-state index contributed by atoms with van der Waals surface area (Å²) in [6.07, 6.45) is -1.83. The Bertz CT molecular complexity index is 1620. The second kappa shape index (κ2) is 14.3. The number of benzene rings is 3. The van der Waals surface area contributed by atoms with Crippen molar-refractivity contribution in [1.29, 1.82) is 0 Å². The Morgan fingerprint density at radius 2 is 1.78 bits per heavy atom. The van der Waals surface area contributed by atoms with Crippen molar-refractivity contribution in [3.63, 3.8) is 0 Å². The third kappa shape index (κ3) is 8.50. The smallest absolute Gasteiger partial charge is 0.406 e. The summed E-state index contributed by atoms with van der Waals surface area (Å²) in [5, 5.41) is 18.5. The van der Waals surface area contributed by atoms with E-state index in [1.165, 1.54) is 47.0 Å². The van der Waals surface area contributed by atoms with Gasteiger partial charge in [0.2, 0.25) is 12.3 Å². The number of anilines is 1. The number of aliphatic hydroxyl groups is 1. The number of unbranched alkanes of at least 4 members (excludes halogenated alkanes) is 1. The number of aromatic nitrogens is 3. The molecule has 4 aromatic rings. The SMILES string of the molecule is CC(C)c1ccccc1N1C(=O)CS/C1=N\C(O)NCCCCc1ccc(-c2ncn(-c3ccc(OC(F)(F)F)cc3)n2)cc1. The van der Waals surface area contributed by atoms with Crippen LogP contribution >= 0.6 is 11.8 Å². The Kier molecular flexibility index (Phi) is 10.2. The molecule has 0 aliphatic carbocycles. The van der Waals surface area contributed by atoms with Crippen molar-refractivity contribution < 1.29 is 27.8 Å². The molecule has 1 fully saturated rings. The number of para-hydroxylation sites is 1. The summed E-state index contributed by atoms with van der Waals surface area (Å²) in [6.45, 7) is 4.71. The van der Waals surface area contributed by atoms with Gasteiger partial charge in [0.25, 0.3) is 0 Å². The number of nitrogens with zero attached hydrogens (tertiary/aromatic N) is 5. The number of aliphatic imine (C=N–C) groups is 1. The van der Waals surface area contributed by atoms with E-state index >= 15 is 0 Å². The van der Waals surface area contributed by atoms with Gasteiger partial charge in [0.15, 0.2) is 11.0 Å². The van der Waals surface area contributed by atoms with Crippen LogP contribution in [-0.2, 0) is 11.2 Å². The van der Waals surface area contributed by atoms with Crippen LogP contribution in [-0.4, -0.2) is 56.0 Å². The van der Waals surface area contributed by atoms with E-state index in [1.54, 1.807) is 4.90 Å². The van der Waals surface area contributed by atoms with Crippen LogP contribution in [0, 0.1) is 0 Å². The van der Waals surface area contributed by atoms with Crippen LogP contribution < -0.4 is 15.0 Å². The molecule has 1 saturated heterocycles. The molecule has 3 aromatic carbocycles. The van der Waals surface area contributed by atoms with Gasteiger partial charge >= 0.3 is 6.36 Å². The fourth-order valence-corrected chi connectivity index (χ4v) is 5.74. The fourth-order valence-electron chi connectivity index (χ4n) is 4.85. The third-order valence-electron chi connectivity index (χ3n) is 7.06. The summed E-state index contributed by atoms with van der Waals surface area (Å²) in [5.41, 5.74) is 4.35. The second-order valence-electron chi connectivity index (χ2n) is 10.7. The number of aliphatic hydroxyl groups excluding tert-OH is 1. The van der Waals surface area contributed by atoms with Gasteiger partial charge in [-0.15, -0.1) is 18.3 Å². The van der Waals surface area contributed by atoms with Gasteiger partial charge in [-0.25, -0.2) is 14.7 Å². The average Bonchev–Trinajstić information content (AvgIpc) is 3.64. The number of carbonyl (C=O) groups is 1. The zero-order chi connectivity index (χ0) is 32.0. The molecule has 1 amide bonds. The lowest BCUT2D eigenvalue weighted by molar-refractivity contribution is -0.274. The first kappa shape index (κ1) is 32.2. The van der Waals surface area contributed by atoms with Crippen molar-refractivity contribution in [3.8, 4) is 22.8 Å². The van der Waals surface area contributed by atoms with Crippen LogP contribution in [0.5, 0.6) is 5.75 Å². The summed E-state index contributed by atoms with van der Waals surface area (Å²) in [4.78, 5) is 23.0. The summed E-state index contributed by atoms with van der Waals surface area (Å²) >= 11 is 1.32. The minimum Gasteiger partial charge on any atom is -0.406 e. The lowest BCUT2D eigenvalue weighted by Crippen LogP contribution is -2.34. The van der Waals surface area contributed by atoms with E-state index in [2.05, 4.69) is 39.0 Å². The molecular formula is C32H33F3N6O3S. The molecule has 1 atom stereocenters. The van der Waals surface area contributed by atoms with Gasteiger partial charge in [-0.1, -0.05) is 68.1 Å². The quantitative estimate of drug-likeness (QED) is 0.139. The van der Waals surface area contributed by atoms with E-state index in [1.807, 2.05) is 48.5 Å². The molecule has 0 bridgehead atoms. The number of nitrogens with one attached hydrogen (secondary N) is 1. The molecular weight excluding hydrogens is 605 g/mol. The number of alkyl halides is 3. The number of hydrogen-bond donors (Lipinski definition) is 2. The molecule has 45 heavy (non-hydrogen) atoms. The maximum absolute atomic E-state index is 12.7. The monoisotopic (exact) mass is 638 g/mol. The van der Waals surface area contributed by atoms with Gasteiger partial charge in [0.1, 0.15) is 12.1 Å². The Morgan fingerprint density at radius 1 is 1.04 bits per heavy atom. The van der Waals surface area contributed by atoms with E-state index < -0.39 is 12.7 Å².